The number of anilines is 2. The monoisotopic (exact) mass is 408 g/mol. The molecule has 2 amide bonds. The molecule has 2 aromatic rings. The predicted octanol–water partition coefficient (Wildman–Crippen LogP) is 2.37. The van der Waals surface area contributed by atoms with E-state index in [9.17, 15) is 14.0 Å². The molecule has 1 aromatic heterocycles. The fourth-order valence-corrected chi connectivity index (χ4v) is 2.81. The van der Waals surface area contributed by atoms with E-state index >= 15 is 0 Å². The van der Waals surface area contributed by atoms with Gasteiger partial charge in [0.05, 0.1) is 36.9 Å². The fraction of sp³-hybridized carbons (Fsp3) is 0.316. The first kappa shape index (κ1) is 21.4. The molecule has 2 N–H and O–H groups in total. The number of benzene rings is 1. The molecule has 0 saturated carbocycles. The molecule has 0 spiro atoms. The third kappa shape index (κ3) is 5.32. The van der Waals surface area contributed by atoms with Crippen LogP contribution in [0.4, 0.5) is 15.8 Å². The molecule has 0 bridgehead atoms. The van der Waals surface area contributed by atoms with Crippen molar-refractivity contribution in [2.45, 2.75) is 19.4 Å². The van der Waals surface area contributed by atoms with Crippen molar-refractivity contribution in [1.82, 2.24) is 10.3 Å². The van der Waals surface area contributed by atoms with Crippen LogP contribution in [0.5, 0.6) is 5.75 Å². The van der Waals surface area contributed by atoms with Gasteiger partial charge in [0.15, 0.2) is 6.10 Å². The van der Waals surface area contributed by atoms with Crippen LogP contribution in [0, 0.1) is 5.82 Å². The van der Waals surface area contributed by atoms with Gasteiger partial charge in [-0.25, -0.2) is 4.39 Å². The Morgan fingerprint density at radius 1 is 1.32 bits per heavy atom. The highest BCUT2D eigenvalue weighted by Crippen LogP contribution is 2.33. The van der Waals surface area contributed by atoms with Gasteiger partial charge in [0.25, 0.3) is 5.91 Å². The van der Waals surface area contributed by atoms with E-state index in [0.717, 1.165) is 18.3 Å². The van der Waals surface area contributed by atoms with Crippen molar-refractivity contribution >= 4 is 35.6 Å². The van der Waals surface area contributed by atoms with Crippen molar-refractivity contribution in [2.24, 2.45) is 0 Å². The lowest BCUT2D eigenvalue weighted by Crippen LogP contribution is -2.50. The number of hydrogen-bond donors (Lipinski definition) is 2. The molecule has 150 valence electrons. The Bertz CT molecular complexity index is 836. The zero-order chi connectivity index (χ0) is 19.2. The summed E-state index contributed by atoms with van der Waals surface area (Å²) in [5.41, 5.74) is 1.00. The Kier molecular flexibility index (Phi) is 7.57. The number of halogens is 2. The molecular formula is C19H22ClFN4O3. The number of carbonyl (C=O) groups excluding carboxylic acids is 2. The van der Waals surface area contributed by atoms with E-state index in [0.29, 0.717) is 12.3 Å². The van der Waals surface area contributed by atoms with Gasteiger partial charge in [0.2, 0.25) is 5.91 Å². The number of rotatable bonds is 6. The Morgan fingerprint density at radius 3 is 2.86 bits per heavy atom. The Labute approximate surface area is 168 Å². The predicted molar refractivity (Wildman–Crippen MR) is 106 cm³/mol. The molecule has 0 aliphatic carbocycles. The molecule has 0 saturated heterocycles. The van der Waals surface area contributed by atoms with Crippen molar-refractivity contribution in [2.75, 3.05) is 29.9 Å². The van der Waals surface area contributed by atoms with Gasteiger partial charge < -0.3 is 20.3 Å². The van der Waals surface area contributed by atoms with Gasteiger partial charge in [-0.2, -0.15) is 0 Å². The highest BCUT2D eigenvalue weighted by molar-refractivity contribution is 5.94. The third-order valence-corrected chi connectivity index (χ3v) is 4.03. The maximum Gasteiger partial charge on any atom is 0.262 e. The maximum atomic E-state index is 13.2. The molecular weight excluding hydrogens is 387 g/mol. The van der Waals surface area contributed by atoms with Crippen LogP contribution < -0.4 is 20.3 Å². The highest BCUT2D eigenvalue weighted by atomic mass is 35.5. The van der Waals surface area contributed by atoms with Gasteiger partial charge >= 0.3 is 0 Å². The molecule has 9 heteroatoms. The maximum absolute atomic E-state index is 13.2. The summed E-state index contributed by atoms with van der Waals surface area (Å²) >= 11 is 0. The van der Waals surface area contributed by atoms with E-state index in [4.69, 9.17) is 4.74 Å². The molecule has 1 aliphatic rings. The first-order valence-corrected chi connectivity index (χ1v) is 8.75. The van der Waals surface area contributed by atoms with E-state index < -0.39 is 11.9 Å². The van der Waals surface area contributed by atoms with Gasteiger partial charge in [0.1, 0.15) is 11.6 Å². The number of nitrogens with zero attached hydrogens (tertiary/aromatic N) is 2. The van der Waals surface area contributed by atoms with Crippen LogP contribution in [0.2, 0.25) is 0 Å². The Balaban J connectivity index is 0.00000280. The topological polar surface area (TPSA) is 83.6 Å². The van der Waals surface area contributed by atoms with Crippen molar-refractivity contribution in [3.8, 4) is 5.75 Å². The molecule has 1 aliphatic heterocycles. The Morgan fingerprint density at radius 2 is 2.11 bits per heavy atom. The van der Waals surface area contributed by atoms with Crippen molar-refractivity contribution in [3.05, 3.63) is 48.5 Å². The van der Waals surface area contributed by atoms with Crippen LogP contribution in [0.3, 0.4) is 0 Å². The third-order valence-electron chi connectivity index (χ3n) is 4.03. The summed E-state index contributed by atoms with van der Waals surface area (Å²) in [5.74, 6) is -0.546. The molecule has 0 fully saturated rings. The largest absolute Gasteiger partial charge is 0.477 e. The van der Waals surface area contributed by atoms with E-state index in [1.165, 1.54) is 12.3 Å². The van der Waals surface area contributed by atoms with Crippen molar-refractivity contribution < 1.29 is 18.7 Å². The lowest BCUT2D eigenvalue weighted by atomic mass is 10.1. The zero-order valence-electron chi connectivity index (χ0n) is 15.4. The lowest BCUT2D eigenvalue weighted by molar-refractivity contribution is -0.128. The van der Waals surface area contributed by atoms with Crippen LogP contribution in [0.1, 0.15) is 13.3 Å². The average molecular weight is 409 g/mol. The number of carbonyl (C=O) groups is 2. The molecule has 0 radical (unpaired) electrons. The second kappa shape index (κ2) is 9.89. The van der Waals surface area contributed by atoms with Gasteiger partial charge in [-0.1, -0.05) is 19.1 Å². The van der Waals surface area contributed by atoms with Gasteiger partial charge in [-0.3, -0.25) is 14.6 Å². The van der Waals surface area contributed by atoms with Crippen LogP contribution >= 0.6 is 12.4 Å². The summed E-state index contributed by atoms with van der Waals surface area (Å²) in [4.78, 5) is 30.2. The van der Waals surface area contributed by atoms with Gasteiger partial charge in [-0.15, -0.1) is 12.4 Å². The van der Waals surface area contributed by atoms with E-state index in [2.05, 4.69) is 15.6 Å². The van der Waals surface area contributed by atoms with Crippen LogP contribution in [0.15, 0.2) is 42.7 Å². The second-order valence-corrected chi connectivity index (χ2v) is 6.19. The van der Waals surface area contributed by atoms with Gasteiger partial charge in [-0.05, 0) is 18.6 Å². The van der Waals surface area contributed by atoms with Gasteiger partial charge in [0, 0.05) is 12.6 Å². The number of amides is 2. The van der Waals surface area contributed by atoms with E-state index in [1.54, 1.807) is 11.0 Å². The summed E-state index contributed by atoms with van der Waals surface area (Å²) in [5, 5.41) is 5.43. The number of nitrogens with one attached hydrogen (secondary N) is 2. The van der Waals surface area contributed by atoms with Crippen molar-refractivity contribution in [1.29, 1.82) is 0 Å². The summed E-state index contributed by atoms with van der Waals surface area (Å²) in [6.45, 7) is 2.76. The standard InChI is InChI=1S/C19H21FN4O3.ClH/c1-2-7-22-19(26)17-11-24(15-5-3-4-6-16(15)27-17)12-18(25)23-14-8-13(20)9-21-10-14;/h3-6,8-10,17H,2,7,11-12H2,1H3,(H,22,26)(H,23,25);1H. The Hall–Kier alpha value is -2.87. The minimum atomic E-state index is -0.713. The minimum absolute atomic E-state index is 0. The van der Waals surface area contributed by atoms with E-state index in [-0.39, 0.29) is 43.0 Å². The lowest BCUT2D eigenvalue weighted by Gasteiger charge is -2.35. The fourth-order valence-electron chi connectivity index (χ4n) is 2.81. The number of para-hydroxylation sites is 2. The molecule has 1 aromatic carbocycles. The number of fused-ring (bicyclic) bond motifs is 1. The van der Waals surface area contributed by atoms with Crippen LogP contribution in [-0.4, -0.2) is 42.5 Å². The smallest absolute Gasteiger partial charge is 0.262 e. The summed E-state index contributed by atoms with van der Waals surface area (Å²) in [6.07, 6.45) is 2.54. The SMILES string of the molecule is CCCNC(=O)C1CN(CC(=O)Nc2cncc(F)c2)c2ccccc2O1.Cl. The number of ether oxygens (including phenoxy) is 1. The van der Waals surface area contributed by atoms with Crippen LogP contribution in [-0.2, 0) is 9.59 Å². The summed E-state index contributed by atoms with van der Waals surface area (Å²) < 4.78 is 19.0. The molecule has 1 unspecified atom stereocenters. The first-order chi connectivity index (χ1) is 13.1. The molecule has 1 atom stereocenters. The number of pyridine rings is 1. The van der Waals surface area contributed by atoms with Crippen molar-refractivity contribution in [3.63, 3.8) is 0 Å². The molecule has 2 heterocycles. The second-order valence-electron chi connectivity index (χ2n) is 6.19. The zero-order valence-corrected chi connectivity index (χ0v) is 16.2. The first-order valence-electron chi connectivity index (χ1n) is 8.75. The molecule has 3 rings (SSSR count). The summed E-state index contributed by atoms with van der Waals surface area (Å²) in [6, 6.07) is 8.42. The normalized spacial score (nSPS) is 14.9. The van der Waals surface area contributed by atoms with E-state index in [1.807, 2.05) is 25.1 Å². The molecule has 28 heavy (non-hydrogen) atoms. The highest BCUT2D eigenvalue weighted by Gasteiger charge is 2.31. The average Bonchev–Trinajstić information content (AvgIpc) is 2.66. The minimum Gasteiger partial charge on any atom is -0.477 e. The summed E-state index contributed by atoms with van der Waals surface area (Å²) in [7, 11) is 0. The molecule has 7 nitrogen and oxygen atoms in total. The number of aromatic nitrogens is 1. The number of hydrogen-bond acceptors (Lipinski definition) is 5. The van der Waals surface area contributed by atoms with Crippen LogP contribution in [0.25, 0.3) is 0 Å². The quantitative estimate of drug-likeness (QED) is 0.766.